The molecule has 0 atom stereocenters. The standard InChI is InChI=1S/C20H19FN2O6/c1-28-18-9-8-15(23(26)27)10-16(18)20(25)29-12-19(24)22(14-6-7-14)11-13-4-2-3-5-17(13)21/h2-5,8-10,14H,6-7,11-12H2,1H3. The number of amides is 1. The Bertz CT molecular complexity index is 944. The highest BCUT2D eigenvalue weighted by atomic mass is 19.1. The second-order valence-electron chi connectivity index (χ2n) is 6.56. The van der Waals surface area contributed by atoms with Crippen molar-refractivity contribution in [1.29, 1.82) is 0 Å². The Balaban J connectivity index is 1.69. The number of non-ortho nitro benzene ring substituents is 1. The van der Waals surface area contributed by atoms with Crippen LogP contribution in [0.2, 0.25) is 0 Å². The fourth-order valence-electron chi connectivity index (χ4n) is 2.87. The van der Waals surface area contributed by atoms with Gasteiger partial charge in [0.25, 0.3) is 11.6 Å². The number of carbonyl (C=O) groups excluding carboxylic acids is 2. The van der Waals surface area contributed by atoms with Crippen molar-refractivity contribution in [2.75, 3.05) is 13.7 Å². The van der Waals surface area contributed by atoms with Gasteiger partial charge < -0.3 is 14.4 Å². The molecule has 3 rings (SSSR count). The maximum absolute atomic E-state index is 13.9. The summed E-state index contributed by atoms with van der Waals surface area (Å²) < 4.78 is 24.0. The number of hydrogen-bond acceptors (Lipinski definition) is 6. The van der Waals surface area contributed by atoms with Gasteiger partial charge in [0.05, 0.1) is 12.0 Å². The number of nitro groups is 1. The average molecular weight is 402 g/mol. The average Bonchev–Trinajstić information content (AvgIpc) is 3.55. The lowest BCUT2D eigenvalue weighted by molar-refractivity contribution is -0.384. The SMILES string of the molecule is COc1ccc([N+](=O)[O-])cc1C(=O)OCC(=O)N(Cc1ccccc1F)C1CC1. The van der Waals surface area contributed by atoms with Crippen LogP contribution in [0.15, 0.2) is 42.5 Å². The second-order valence-corrected chi connectivity index (χ2v) is 6.56. The first-order chi connectivity index (χ1) is 13.9. The third kappa shape index (κ3) is 4.87. The number of ether oxygens (including phenoxy) is 2. The van der Waals surface area contributed by atoms with Crippen LogP contribution in [0.3, 0.4) is 0 Å². The molecular weight excluding hydrogens is 383 g/mol. The number of carbonyl (C=O) groups is 2. The number of halogens is 1. The van der Waals surface area contributed by atoms with Gasteiger partial charge in [0, 0.05) is 30.3 Å². The van der Waals surface area contributed by atoms with Crippen molar-refractivity contribution in [1.82, 2.24) is 4.90 Å². The minimum atomic E-state index is -0.916. The number of methoxy groups -OCH3 is 1. The zero-order valence-corrected chi connectivity index (χ0v) is 15.7. The molecule has 152 valence electrons. The first-order valence-corrected chi connectivity index (χ1v) is 8.93. The van der Waals surface area contributed by atoms with Crippen molar-refractivity contribution in [3.8, 4) is 5.75 Å². The summed E-state index contributed by atoms with van der Waals surface area (Å²) in [4.78, 5) is 36.7. The van der Waals surface area contributed by atoms with Crippen molar-refractivity contribution < 1.29 is 28.4 Å². The van der Waals surface area contributed by atoms with E-state index in [0.29, 0.717) is 5.56 Å². The summed E-state index contributed by atoms with van der Waals surface area (Å²) in [5.74, 6) is -1.70. The molecule has 0 bridgehead atoms. The number of nitro benzene ring substituents is 1. The van der Waals surface area contributed by atoms with E-state index in [0.717, 1.165) is 18.9 Å². The van der Waals surface area contributed by atoms with Gasteiger partial charge in [-0.3, -0.25) is 14.9 Å². The Hall–Kier alpha value is -3.49. The minimum absolute atomic E-state index is 0.0202. The molecule has 0 radical (unpaired) electrons. The Kier molecular flexibility index (Phi) is 6.06. The lowest BCUT2D eigenvalue weighted by Gasteiger charge is -2.22. The number of rotatable bonds is 8. The van der Waals surface area contributed by atoms with Gasteiger partial charge in [0.1, 0.15) is 17.1 Å². The molecule has 1 amide bonds. The van der Waals surface area contributed by atoms with E-state index in [9.17, 15) is 24.1 Å². The molecule has 29 heavy (non-hydrogen) atoms. The van der Waals surface area contributed by atoms with Crippen LogP contribution < -0.4 is 4.74 Å². The predicted molar refractivity (Wildman–Crippen MR) is 99.9 cm³/mol. The normalized spacial score (nSPS) is 12.9. The highest BCUT2D eigenvalue weighted by molar-refractivity contribution is 5.94. The van der Waals surface area contributed by atoms with Gasteiger partial charge in [-0.25, -0.2) is 9.18 Å². The van der Waals surface area contributed by atoms with Crippen LogP contribution in [0.1, 0.15) is 28.8 Å². The molecule has 0 spiro atoms. The Morgan fingerprint density at radius 2 is 1.97 bits per heavy atom. The summed E-state index contributed by atoms with van der Waals surface area (Å²) in [6, 6.07) is 9.66. The number of nitrogens with zero attached hydrogens (tertiary/aromatic N) is 2. The molecule has 0 aliphatic heterocycles. The van der Waals surface area contributed by atoms with Gasteiger partial charge in [0.2, 0.25) is 0 Å². The van der Waals surface area contributed by atoms with Crippen LogP contribution in [-0.2, 0) is 16.1 Å². The minimum Gasteiger partial charge on any atom is -0.496 e. The van der Waals surface area contributed by atoms with E-state index in [4.69, 9.17) is 9.47 Å². The van der Waals surface area contributed by atoms with Gasteiger partial charge in [-0.2, -0.15) is 0 Å². The van der Waals surface area contributed by atoms with Gasteiger partial charge in [-0.1, -0.05) is 18.2 Å². The van der Waals surface area contributed by atoms with E-state index < -0.39 is 29.2 Å². The topological polar surface area (TPSA) is 99.0 Å². The fourth-order valence-corrected chi connectivity index (χ4v) is 2.87. The molecule has 1 fully saturated rings. The van der Waals surface area contributed by atoms with Crippen LogP contribution in [0.5, 0.6) is 5.75 Å². The molecule has 1 saturated carbocycles. The molecule has 0 unspecified atom stereocenters. The molecule has 0 heterocycles. The van der Waals surface area contributed by atoms with Gasteiger partial charge in [0.15, 0.2) is 6.61 Å². The maximum Gasteiger partial charge on any atom is 0.342 e. The molecule has 0 saturated heterocycles. The molecule has 1 aliphatic rings. The van der Waals surface area contributed by atoms with Crippen LogP contribution in [-0.4, -0.2) is 41.5 Å². The molecule has 0 aromatic heterocycles. The monoisotopic (exact) mass is 402 g/mol. The summed E-state index contributed by atoms with van der Waals surface area (Å²) >= 11 is 0. The molecular formula is C20H19FN2O6. The van der Waals surface area contributed by atoms with E-state index in [1.54, 1.807) is 18.2 Å². The Morgan fingerprint density at radius 3 is 2.59 bits per heavy atom. The summed E-state index contributed by atoms with van der Waals surface area (Å²) in [6.07, 6.45) is 1.60. The van der Waals surface area contributed by atoms with Crippen LogP contribution in [0.25, 0.3) is 0 Å². The highest BCUT2D eigenvalue weighted by Gasteiger charge is 2.33. The lowest BCUT2D eigenvalue weighted by atomic mass is 10.2. The molecule has 9 heteroatoms. The van der Waals surface area contributed by atoms with Crippen molar-refractivity contribution in [2.24, 2.45) is 0 Å². The van der Waals surface area contributed by atoms with Gasteiger partial charge in [-0.15, -0.1) is 0 Å². The molecule has 8 nitrogen and oxygen atoms in total. The number of hydrogen-bond donors (Lipinski definition) is 0. The number of benzene rings is 2. The van der Waals surface area contributed by atoms with Crippen molar-refractivity contribution in [3.63, 3.8) is 0 Å². The van der Waals surface area contributed by atoms with Gasteiger partial charge in [-0.05, 0) is 25.0 Å². The first-order valence-electron chi connectivity index (χ1n) is 8.93. The lowest BCUT2D eigenvalue weighted by Crippen LogP contribution is -2.36. The Labute approximate surface area is 166 Å². The van der Waals surface area contributed by atoms with E-state index in [1.807, 2.05) is 0 Å². The summed E-state index contributed by atoms with van der Waals surface area (Å²) in [5.41, 5.74) is -0.0794. The smallest absolute Gasteiger partial charge is 0.342 e. The third-order valence-corrected chi connectivity index (χ3v) is 4.55. The number of esters is 1. The van der Waals surface area contributed by atoms with E-state index in [2.05, 4.69) is 0 Å². The first kappa shape index (κ1) is 20.2. The maximum atomic E-state index is 13.9. The third-order valence-electron chi connectivity index (χ3n) is 4.55. The second kappa shape index (κ2) is 8.68. The largest absolute Gasteiger partial charge is 0.496 e. The van der Waals surface area contributed by atoms with Crippen molar-refractivity contribution in [3.05, 3.63) is 69.5 Å². The fraction of sp³-hybridized carbons (Fsp3) is 0.300. The summed E-state index contributed by atoms with van der Waals surface area (Å²) in [5, 5.41) is 10.9. The van der Waals surface area contributed by atoms with Gasteiger partial charge >= 0.3 is 5.97 Å². The van der Waals surface area contributed by atoms with E-state index in [-0.39, 0.29) is 29.6 Å². The molecule has 2 aromatic rings. The zero-order chi connectivity index (χ0) is 21.0. The van der Waals surface area contributed by atoms with Crippen molar-refractivity contribution >= 4 is 17.6 Å². The van der Waals surface area contributed by atoms with Crippen LogP contribution >= 0.6 is 0 Å². The molecule has 2 aromatic carbocycles. The Morgan fingerprint density at radius 1 is 1.24 bits per heavy atom. The van der Waals surface area contributed by atoms with Crippen LogP contribution in [0, 0.1) is 15.9 Å². The quantitative estimate of drug-likeness (QED) is 0.382. The molecule has 0 N–H and O–H groups in total. The van der Waals surface area contributed by atoms with E-state index >= 15 is 0 Å². The molecule has 1 aliphatic carbocycles. The van der Waals surface area contributed by atoms with Crippen molar-refractivity contribution in [2.45, 2.75) is 25.4 Å². The van der Waals surface area contributed by atoms with E-state index in [1.165, 1.54) is 30.2 Å². The summed E-state index contributed by atoms with van der Waals surface area (Å²) in [6.45, 7) is -0.483. The zero-order valence-electron chi connectivity index (χ0n) is 15.7. The van der Waals surface area contributed by atoms with Crippen LogP contribution in [0.4, 0.5) is 10.1 Å². The predicted octanol–water partition coefficient (Wildman–Crippen LogP) is 3.09. The highest BCUT2D eigenvalue weighted by Crippen LogP contribution is 2.29. The summed E-state index contributed by atoms with van der Waals surface area (Å²) in [7, 11) is 1.31.